The molecule has 2 aromatic carbocycles. The summed E-state index contributed by atoms with van der Waals surface area (Å²) < 4.78 is 6.85. The third-order valence-electron chi connectivity index (χ3n) is 4.12. The van der Waals surface area contributed by atoms with Crippen molar-refractivity contribution in [3.8, 4) is 5.75 Å². The van der Waals surface area contributed by atoms with Crippen LogP contribution in [0.1, 0.15) is 28.8 Å². The number of benzene rings is 2. The van der Waals surface area contributed by atoms with Crippen LogP contribution in [0.2, 0.25) is 0 Å². The Balaban J connectivity index is 0.00000225. The number of hydrogen-bond donors (Lipinski definition) is 2. The molecule has 0 unspecified atom stereocenters. The molecule has 1 aliphatic heterocycles. The molecule has 25 heavy (non-hydrogen) atoms. The van der Waals surface area contributed by atoms with Crippen molar-refractivity contribution < 1.29 is 9.53 Å². The number of carbonyl (C=O) groups excluding carboxylic acids is 1. The van der Waals surface area contributed by atoms with Crippen molar-refractivity contribution in [1.82, 2.24) is 10.6 Å². The molecule has 0 saturated carbocycles. The van der Waals surface area contributed by atoms with Gasteiger partial charge in [-0.25, -0.2) is 0 Å². The Morgan fingerprint density at radius 2 is 1.92 bits per heavy atom. The molecule has 0 atom stereocenters. The Bertz CT molecular complexity index is 705. The van der Waals surface area contributed by atoms with Crippen LogP contribution in [0.5, 0.6) is 5.75 Å². The monoisotopic (exact) mass is 424 g/mol. The lowest BCUT2D eigenvalue weighted by Crippen LogP contribution is -2.42. The van der Waals surface area contributed by atoms with Gasteiger partial charge in [-0.3, -0.25) is 4.79 Å². The zero-order valence-electron chi connectivity index (χ0n) is 13.8. The van der Waals surface area contributed by atoms with Gasteiger partial charge in [-0.05, 0) is 50.2 Å². The fourth-order valence-electron chi connectivity index (χ4n) is 2.74. The number of hydrogen-bond acceptors (Lipinski definition) is 3. The highest BCUT2D eigenvalue weighted by Crippen LogP contribution is 2.20. The topological polar surface area (TPSA) is 50.4 Å². The van der Waals surface area contributed by atoms with Crippen molar-refractivity contribution >= 4 is 34.2 Å². The molecular weight excluding hydrogens is 404 g/mol. The standard InChI is InChI=1S/C19H21BrN2O2.ClH/c20-18-7-2-1-4-15(18)13-24-17-6-3-5-14(12-17)19(23)22-16-8-10-21-11-9-16;/h1-7,12,16,21H,8-11,13H2,(H,22,23);1H. The van der Waals surface area contributed by atoms with Crippen molar-refractivity contribution in [1.29, 1.82) is 0 Å². The van der Waals surface area contributed by atoms with Crippen molar-refractivity contribution in [2.45, 2.75) is 25.5 Å². The summed E-state index contributed by atoms with van der Waals surface area (Å²) >= 11 is 3.51. The van der Waals surface area contributed by atoms with E-state index in [1.807, 2.05) is 42.5 Å². The molecule has 2 N–H and O–H groups in total. The highest BCUT2D eigenvalue weighted by atomic mass is 79.9. The molecule has 4 nitrogen and oxygen atoms in total. The molecule has 2 aromatic rings. The van der Waals surface area contributed by atoms with E-state index in [4.69, 9.17) is 4.74 Å². The Morgan fingerprint density at radius 1 is 1.16 bits per heavy atom. The van der Waals surface area contributed by atoms with Crippen molar-refractivity contribution in [3.63, 3.8) is 0 Å². The van der Waals surface area contributed by atoms with Crippen LogP contribution in [0.4, 0.5) is 0 Å². The van der Waals surface area contributed by atoms with Crippen LogP contribution in [0, 0.1) is 0 Å². The fraction of sp³-hybridized carbons (Fsp3) is 0.316. The van der Waals surface area contributed by atoms with Crippen LogP contribution < -0.4 is 15.4 Å². The summed E-state index contributed by atoms with van der Waals surface area (Å²) in [6.07, 6.45) is 1.95. The van der Waals surface area contributed by atoms with E-state index >= 15 is 0 Å². The van der Waals surface area contributed by atoms with E-state index in [9.17, 15) is 4.79 Å². The molecular formula is C19H22BrClN2O2. The number of amides is 1. The van der Waals surface area contributed by atoms with E-state index in [1.54, 1.807) is 6.07 Å². The summed E-state index contributed by atoms with van der Waals surface area (Å²) in [6, 6.07) is 15.5. The van der Waals surface area contributed by atoms with Crippen molar-refractivity contribution in [3.05, 3.63) is 64.1 Å². The Morgan fingerprint density at radius 3 is 2.68 bits per heavy atom. The second-order valence-corrected chi connectivity index (χ2v) is 6.76. The first kappa shape index (κ1) is 19.8. The lowest BCUT2D eigenvalue weighted by atomic mass is 10.1. The molecule has 1 amide bonds. The van der Waals surface area contributed by atoms with Crippen LogP contribution in [-0.2, 0) is 6.61 Å². The summed E-state index contributed by atoms with van der Waals surface area (Å²) in [5.41, 5.74) is 1.71. The quantitative estimate of drug-likeness (QED) is 0.763. The summed E-state index contributed by atoms with van der Waals surface area (Å²) in [7, 11) is 0. The SMILES string of the molecule is Cl.O=C(NC1CCNCC1)c1cccc(OCc2ccccc2Br)c1. The molecule has 0 radical (unpaired) electrons. The predicted molar refractivity (Wildman–Crippen MR) is 106 cm³/mol. The van der Waals surface area contributed by atoms with Gasteiger partial charge in [0.25, 0.3) is 5.91 Å². The van der Waals surface area contributed by atoms with Crippen LogP contribution >= 0.6 is 28.3 Å². The summed E-state index contributed by atoms with van der Waals surface area (Å²) in [6.45, 7) is 2.38. The van der Waals surface area contributed by atoms with E-state index in [-0.39, 0.29) is 24.4 Å². The maximum absolute atomic E-state index is 12.4. The minimum absolute atomic E-state index is 0. The first-order valence-corrected chi connectivity index (χ1v) is 8.99. The third kappa shape index (κ3) is 5.73. The lowest BCUT2D eigenvalue weighted by molar-refractivity contribution is 0.0929. The number of piperidine rings is 1. The number of carbonyl (C=O) groups is 1. The van der Waals surface area contributed by atoms with Gasteiger partial charge in [0.05, 0.1) is 0 Å². The minimum atomic E-state index is -0.0340. The van der Waals surface area contributed by atoms with Crippen LogP contribution in [0.3, 0.4) is 0 Å². The average molecular weight is 426 g/mol. The normalized spacial score (nSPS) is 14.4. The molecule has 0 spiro atoms. The number of halogens is 2. The van der Waals surface area contributed by atoms with Crippen LogP contribution in [-0.4, -0.2) is 25.0 Å². The number of nitrogens with one attached hydrogen (secondary N) is 2. The Hall–Kier alpha value is -1.56. The molecule has 1 saturated heterocycles. The fourth-order valence-corrected chi connectivity index (χ4v) is 3.14. The summed E-state index contributed by atoms with van der Waals surface area (Å²) in [5.74, 6) is 0.664. The largest absolute Gasteiger partial charge is 0.489 e. The molecule has 0 aromatic heterocycles. The molecule has 0 bridgehead atoms. The van der Waals surface area contributed by atoms with Gasteiger partial charge >= 0.3 is 0 Å². The molecule has 0 aliphatic carbocycles. The minimum Gasteiger partial charge on any atom is -0.489 e. The molecule has 1 aliphatic rings. The smallest absolute Gasteiger partial charge is 0.251 e. The zero-order chi connectivity index (χ0) is 16.8. The zero-order valence-corrected chi connectivity index (χ0v) is 16.2. The van der Waals surface area contributed by atoms with E-state index in [1.165, 1.54) is 0 Å². The molecule has 134 valence electrons. The maximum Gasteiger partial charge on any atom is 0.251 e. The van der Waals surface area contributed by atoms with Gasteiger partial charge in [-0.15, -0.1) is 12.4 Å². The van der Waals surface area contributed by atoms with Gasteiger partial charge in [-0.2, -0.15) is 0 Å². The first-order chi connectivity index (χ1) is 11.7. The average Bonchev–Trinajstić information content (AvgIpc) is 2.62. The van der Waals surface area contributed by atoms with E-state index in [0.29, 0.717) is 17.9 Å². The lowest BCUT2D eigenvalue weighted by Gasteiger charge is -2.23. The number of rotatable bonds is 5. The first-order valence-electron chi connectivity index (χ1n) is 8.20. The Labute approximate surface area is 162 Å². The van der Waals surface area contributed by atoms with Gasteiger partial charge in [0.15, 0.2) is 0 Å². The Kier molecular flexibility index (Phi) is 7.75. The second kappa shape index (κ2) is 9.80. The highest BCUT2D eigenvalue weighted by molar-refractivity contribution is 9.10. The highest BCUT2D eigenvalue weighted by Gasteiger charge is 2.16. The van der Waals surface area contributed by atoms with E-state index < -0.39 is 0 Å². The number of ether oxygens (including phenoxy) is 1. The van der Waals surface area contributed by atoms with E-state index in [2.05, 4.69) is 26.6 Å². The second-order valence-electron chi connectivity index (χ2n) is 5.91. The van der Waals surface area contributed by atoms with Gasteiger partial charge < -0.3 is 15.4 Å². The van der Waals surface area contributed by atoms with Crippen LogP contribution in [0.15, 0.2) is 53.0 Å². The van der Waals surface area contributed by atoms with Gasteiger partial charge in [0.1, 0.15) is 12.4 Å². The van der Waals surface area contributed by atoms with Gasteiger partial charge in [0.2, 0.25) is 0 Å². The molecule has 1 heterocycles. The van der Waals surface area contributed by atoms with Crippen molar-refractivity contribution in [2.75, 3.05) is 13.1 Å². The maximum atomic E-state index is 12.4. The van der Waals surface area contributed by atoms with E-state index in [0.717, 1.165) is 36.0 Å². The predicted octanol–water partition coefficient (Wildman–Crippen LogP) is 3.93. The van der Waals surface area contributed by atoms with Gasteiger partial charge in [-0.1, -0.05) is 40.2 Å². The van der Waals surface area contributed by atoms with Gasteiger partial charge in [0, 0.05) is 21.6 Å². The molecule has 3 rings (SSSR count). The molecule has 1 fully saturated rings. The molecule has 6 heteroatoms. The summed E-state index contributed by atoms with van der Waals surface area (Å²) in [5, 5.41) is 6.40. The summed E-state index contributed by atoms with van der Waals surface area (Å²) in [4.78, 5) is 12.4. The van der Waals surface area contributed by atoms with Crippen molar-refractivity contribution in [2.24, 2.45) is 0 Å². The third-order valence-corrected chi connectivity index (χ3v) is 4.90. The van der Waals surface area contributed by atoms with Crippen LogP contribution in [0.25, 0.3) is 0 Å².